The zero-order chi connectivity index (χ0) is 12.3. The molecule has 0 aromatic heterocycles. The molecule has 1 aromatic carbocycles. The predicted molar refractivity (Wildman–Crippen MR) is 72.0 cm³/mol. The predicted octanol–water partition coefficient (Wildman–Crippen LogP) is 1.10. The molecule has 2 rings (SSSR count). The summed E-state index contributed by atoms with van der Waals surface area (Å²) in [5.41, 5.74) is 6.64. The van der Waals surface area contributed by atoms with Crippen LogP contribution in [0.15, 0.2) is 28.7 Å². The molecule has 1 heterocycles. The van der Waals surface area contributed by atoms with Crippen LogP contribution in [0.3, 0.4) is 0 Å². The molecule has 92 valence electrons. The monoisotopic (exact) mass is 297 g/mol. The van der Waals surface area contributed by atoms with Gasteiger partial charge in [0, 0.05) is 23.2 Å². The summed E-state index contributed by atoms with van der Waals surface area (Å²) in [4.78, 5) is 13.9. The van der Waals surface area contributed by atoms with E-state index < -0.39 is 0 Å². The number of halogens is 1. The lowest BCUT2D eigenvalue weighted by Crippen LogP contribution is -2.56. The zero-order valence-electron chi connectivity index (χ0n) is 9.53. The van der Waals surface area contributed by atoms with Crippen molar-refractivity contribution in [2.24, 2.45) is 5.73 Å². The van der Waals surface area contributed by atoms with Crippen LogP contribution in [0.25, 0.3) is 0 Å². The second-order valence-electron chi connectivity index (χ2n) is 4.05. The van der Waals surface area contributed by atoms with Gasteiger partial charge in [0.1, 0.15) is 6.04 Å². The van der Waals surface area contributed by atoms with Gasteiger partial charge in [-0.05, 0) is 37.2 Å². The van der Waals surface area contributed by atoms with Crippen molar-refractivity contribution in [1.82, 2.24) is 5.32 Å². The molecule has 1 aliphatic rings. The minimum absolute atomic E-state index is 0.0737. The van der Waals surface area contributed by atoms with Crippen LogP contribution in [-0.2, 0) is 4.79 Å². The molecule has 4 nitrogen and oxygen atoms in total. The Morgan fingerprint density at radius 2 is 2.12 bits per heavy atom. The van der Waals surface area contributed by atoms with Crippen LogP contribution in [0, 0.1) is 0 Å². The number of carbonyl (C=O) groups excluding carboxylic acids is 1. The Morgan fingerprint density at radius 1 is 1.41 bits per heavy atom. The highest BCUT2D eigenvalue weighted by atomic mass is 79.9. The zero-order valence-corrected chi connectivity index (χ0v) is 11.1. The van der Waals surface area contributed by atoms with Crippen molar-refractivity contribution < 1.29 is 4.79 Å². The number of nitrogens with one attached hydrogen (secondary N) is 1. The van der Waals surface area contributed by atoms with Crippen LogP contribution >= 0.6 is 15.9 Å². The van der Waals surface area contributed by atoms with Crippen LogP contribution in [0.1, 0.15) is 6.42 Å². The molecule has 1 fully saturated rings. The molecule has 1 amide bonds. The van der Waals surface area contributed by atoms with E-state index in [0.29, 0.717) is 19.5 Å². The number of amides is 1. The van der Waals surface area contributed by atoms with E-state index in [1.165, 1.54) is 0 Å². The van der Waals surface area contributed by atoms with E-state index in [1.54, 1.807) is 0 Å². The van der Waals surface area contributed by atoms with Gasteiger partial charge in [0.2, 0.25) is 5.91 Å². The first-order chi connectivity index (χ1) is 8.22. The third-order valence-corrected chi connectivity index (χ3v) is 3.46. The Kier molecular flexibility index (Phi) is 4.02. The number of hydrogen-bond acceptors (Lipinski definition) is 3. The lowest BCUT2D eigenvalue weighted by molar-refractivity contribution is -0.123. The van der Waals surface area contributed by atoms with Crippen molar-refractivity contribution in [2.45, 2.75) is 12.5 Å². The lowest BCUT2D eigenvalue weighted by Gasteiger charge is -2.36. The summed E-state index contributed by atoms with van der Waals surface area (Å²) in [5.74, 6) is 0.0737. The highest BCUT2D eigenvalue weighted by molar-refractivity contribution is 9.10. The fraction of sp³-hybridized carbons (Fsp3) is 0.417. The molecule has 1 aromatic rings. The van der Waals surface area contributed by atoms with Gasteiger partial charge in [0.15, 0.2) is 0 Å². The van der Waals surface area contributed by atoms with Gasteiger partial charge in [-0.3, -0.25) is 4.79 Å². The highest BCUT2D eigenvalue weighted by Crippen LogP contribution is 2.22. The van der Waals surface area contributed by atoms with E-state index in [1.807, 2.05) is 24.3 Å². The Balaban J connectivity index is 2.21. The standard InChI is InChI=1S/C12H16BrN3O/c13-9-1-3-10(4-2-9)16-8-7-15-12(17)11(16)5-6-14/h1-4,11H,5-8,14H2,(H,15,17). The van der Waals surface area contributed by atoms with Gasteiger partial charge in [-0.15, -0.1) is 0 Å². The normalized spacial score (nSPS) is 20.2. The first-order valence-electron chi connectivity index (χ1n) is 5.72. The molecule has 17 heavy (non-hydrogen) atoms. The van der Waals surface area contributed by atoms with Crippen LogP contribution in [0.2, 0.25) is 0 Å². The van der Waals surface area contributed by atoms with Crippen molar-refractivity contribution >= 4 is 27.5 Å². The van der Waals surface area contributed by atoms with Crippen molar-refractivity contribution in [3.05, 3.63) is 28.7 Å². The minimum atomic E-state index is -0.144. The maximum absolute atomic E-state index is 11.8. The second-order valence-corrected chi connectivity index (χ2v) is 4.97. The van der Waals surface area contributed by atoms with Crippen molar-refractivity contribution in [1.29, 1.82) is 0 Å². The van der Waals surface area contributed by atoms with Crippen LogP contribution in [0.4, 0.5) is 5.69 Å². The molecule has 1 atom stereocenters. The topological polar surface area (TPSA) is 58.4 Å². The largest absolute Gasteiger partial charge is 0.358 e. The average molecular weight is 298 g/mol. The van der Waals surface area contributed by atoms with Crippen molar-refractivity contribution in [2.75, 3.05) is 24.5 Å². The number of carbonyl (C=O) groups is 1. The van der Waals surface area contributed by atoms with E-state index >= 15 is 0 Å². The van der Waals surface area contributed by atoms with Gasteiger partial charge < -0.3 is 16.0 Å². The van der Waals surface area contributed by atoms with Crippen molar-refractivity contribution in [3.63, 3.8) is 0 Å². The molecule has 0 spiro atoms. The molecule has 0 bridgehead atoms. The summed E-state index contributed by atoms with van der Waals surface area (Å²) in [5, 5.41) is 2.88. The number of piperazine rings is 1. The number of nitrogens with two attached hydrogens (primary N) is 1. The molecular weight excluding hydrogens is 282 g/mol. The molecule has 1 aliphatic heterocycles. The van der Waals surface area contributed by atoms with E-state index in [2.05, 4.69) is 26.1 Å². The molecule has 0 aliphatic carbocycles. The molecule has 1 unspecified atom stereocenters. The number of benzene rings is 1. The summed E-state index contributed by atoms with van der Waals surface area (Å²) in [7, 11) is 0. The quantitative estimate of drug-likeness (QED) is 0.878. The Hall–Kier alpha value is -1.07. The fourth-order valence-electron chi connectivity index (χ4n) is 2.10. The second kappa shape index (κ2) is 5.51. The Morgan fingerprint density at radius 3 is 2.76 bits per heavy atom. The van der Waals surface area contributed by atoms with Gasteiger partial charge in [0.05, 0.1) is 0 Å². The summed E-state index contributed by atoms with van der Waals surface area (Å²) in [6, 6.07) is 7.87. The van der Waals surface area contributed by atoms with Gasteiger partial charge in [0.25, 0.3) is 0 Å². The fourth-order valence-corrected chi connectivity index (χ4v) is 2.37. The molecule has 1 saturated heterocycles. The van der Waals surface area contributed by atoms with Crippen molar-refractivity contribution in [3.8, 4) is 0 Å². The molecule has 0 radical (unpaired) electrons. The summed E-state index contributed by atoms with van der Waals surface area (Å²) in [6.45, 7) is 2.04. The molecular formula is C12H16BrN3O. The number of nitrogens with zero attached hydrogens (tertiary/aromatic N) is 1. The molecule has 5 heteroatoms. The van der Waals surface area contributed by atoms with E-state index in [-0.39, 0.29) is 11.9 Å². The summed E-state index contributed by atoms with van der Waals surface area (Å²) < 4.78 is 1.04. The van der Waals surface area contributed by atoms with Gasteiger partial charge >= 0.3 is 0 Å². The lowest BCUT2D eigenvalue weighted by atomic mass is 10.1. The SMILES string of the molecule is NCCC1C(=O)NCCN1c1ccc(Br)cc1. The van der Waals surface area contributed by atoms with E-state index in [4.69, 9.17) is 5.73 Å². The number of hydrogen-bond donors (Lipinski definition) is 2. The Bertz CT molecular complexity index is 393. The minimum Gasteiger partial charge on any atom is -0.358 e. The Labute approximate surface area is 109 Å². The third-order valence-electron chi connectivity index (χ3n) is 2.93. The van der Waals surface area contributed by atoms with Crippen LogP contribution < -0.4 is 16.0 Å². The summed E-state index contributed by atoms with van der Waals surface area (Å²) >= 11 is 3.41. The maximum atomic E-state index is 11.8. The summed E-state index contributed by atoms with van der Waals surface area (Å²) in [6.07, 6.45) is 0.682. The van der Waals surface area contributed by atoms with E-state index in [9.17, 15) is 4.79 Å². The third kappa shape index (κ3) is 2.79. The van der Waals surface area contributed by atoms with Crippen LogP contribution in [-0.4, -0.2) is 31.6 Å². The molecule has 3 N–H and O–H groups in total. The first kappa shape index (κ1) is 12.4. The first-order valence-corrected chi connectivity index (χ1v) is 6.51. The highest BCUT2D eigenvalue weighted by Gasteiger charge is 2.28. The smallest absolute Gasteiger partial charge is 0.242 e. The van der Waals surface area contributed by atoms with E-state index in [0.717, 1.165) is 16.7 Å². The average Bonchev–Trinajstić information content (AvgIpc) is 2.33. The number of anilines is 1. The number of rotatable bonds is 3. The van der Waals surface area contributed by atoms with Gasteiger partial charge in [-0.2, -0.15) is 0 Å². The van der Waals surface area contributed by atoms with Crippen LogP contribution in [0.5, 0.6) is 0 Å². The maximum Gasteiger partial charge on any atom is 0.242 e. The van der Waals surface area contributed by atoms with Gasteiger partial charge in [-0.25, -0.2) is 0 Å². The van der Waals surface area contributed by atoms with Gasteiger partial charge in [-0.1, -0.05) is 15.9 Å². The molecule has 0 saturated carbocycles.